The Kier molecular flexibility index (Phi) is 2.92. The second-order valence-corrected chi connectivity index (χ2v) is 3.77. The van der Waals surface area contributed by atoms with Crippen LogP contribution in [-0.2, 0) is 0 Å². The second-order valence-electron chi connectivity index (χ2n) is 3.77. The molecule has 62 valence electrons. The summed E-state index contributed by atoms with van der Waals surface area (Å²) in [7, 11) is 0. The lowest BCUT2D eigenvalue weighted by atomic mass is 9.81. The van der Waals surface area contributed by atoms with Gasteiger partial charge < -0.3 is 0 Å². The standard InChI is InChI=1S/C11H18/c1-4-10-6-5-7-11(8-10)9(2)3/h4,6,9,11H,1,5,7-8H2,2-3H3. The molecule has 0 aromatic heterocycles. The highest BCUT2D eigenvalue weighted by Crippen LogP contribution is 2.29. The third kappa shape index (κ3) is 2.21. The summed E-state index contributed by atoms with van der Waals surface area (Å²) in [5.74, 6) is 1.73. The van der Waals surface area contributed by atoms with Crippen LogP contribution in [0.5, 0.6) is 0 Å². The number of rotatable bonds is 2. The van der Waals surface area contributed by atoms with E-state index in [1.807, 2.05) is 6.08 Å². The maximum Gasteiger partial charge on any atom is -0.0251 e. The molecule has 0 bridgehead atoms. The average molecular weight is 150 g/mol. The summed E-state index contributed by atoms with van der Waals surface area (Å²) in [5.41, 5.74) is 1.45. The van der Waals surface area contributed by atoms with Crippen molar-refractivity contribution in [2.75, 3.05) is 0 Å². The van der Waals surface area contributed by atoms with E-state index in [1.165, 1.54) is 24.8 Å². The highest BCUT2D eigenvalue weighted by molar-refractivity contribution is 5.18. The molecule has 0 aromatic rings. The van der Waals surface area contributed by atoms with Crippen LogP contribution in [0.1, 0.15) is 33.1 Å². The van der Waals surface area contributed by atoms with Crippen molar-refractivity contribution in [1.29, 1.82) is 0 Å². The van der Waals surface area contributed by atoms with Crippen molar-refractivity contribution >= 4 is 0 Å². The first kappa shape index (κ1) is 8.58. The van der Waals surface area contributed by atoms with E-state index in [9.17, 15) is 0 Å². The molecule has 1 aliphatic carbocycles. The zero-order valence-electron chi connectivity index (χ0n) is 7.64. The van der Waals surface area contributed by atoms with Crippen molar-refractivity contribution in [2.45, 2.75) is 33.1 Å². The quantitative estimate of drug-likeness (QED) is 0.564. The van der Waals surface area contributed by atoms with Gasteiger partial charge in [-0.25, -0.2) is 0 Å². The summed E-state index contributed by atoms with van der Waals surface area (Å²) in [4.78, 5) is 0. The van der Waals surface area contributed by atoms with E-state index >= 15 is 0 Å². The predicted molar refractivity (Wildman–Crippen MR) is 50.5 cm³/mol. The Bertz CT molecular complexity index is 163. The minimum absolute atomic E-state index is 0.832. The molecule has 0 spiro atoms. The smallest absolute Gasteiger partial charge is 0.0251 e. The minimum atomic E-state index is 0.832. The van der Waals surface area contributed by atoms with Crippen LogP contribution in [0.4, 0.5) is 0 Å². The Morgan fingerprint density at radius 1 is 1.64 bits per heavy atom. The molecule has 0 fully saturated rings. The Morgan fingerprint density at radius 2 is 2.36 bits per heavy atom. The monoisotopic (exact) mass is 150 g/mol. The first-order chi connectivity index (χ1) is 5.24. The van der Waals surface area contributed by atoms with Gasteiger partial charge in [0.05, 0.1) is 0 Å². The van der Waals surface area contributed by atoms with Crippen LogP contribution in [0, 0.1) is 11.8 Å². The molecule has 0 heteroatoms. The van der Waals surface area contributed by atoms with Crippen LogP contribution in [0.15, 0.2) is 24.3 Å². The van der Waals surface area contributed by atoms with E-state index in [0.717, 1.165) is 11.8 Å². The normalized spacial score (nSPS) is 25.0. The molecule has 0 heterocycles. The van der Waals surface area contributed by atoms with Gasteiger partial charge in [-0.2, -0.15) is 0 Å². The van der Waals surface area contributed by atoms with E-state index in [2.05, 4.69) is 26.5 Å². The average Bonchev–Trinajstić information content (AvgIpc) is 2.05. The van der Waals surface area contributed by atoms with E-state index in [-0.39, 0.29) is 0 Å². The number of hydrogen-bond donors (Lipinski definition) is 0. The lowest BCUT2D eigenvalue weighted by Gasteiger charge is -2.24. The van der Waals surface area contributed by atoms with E-state index < -0.39 is 0 Å². The van der Waals surface area contributed by atoms with Gasteiger partial charge in [-0.3, -0.25) is 0 Å². The molecule has 0 saturated carbocycles. The highest BCUT2D eigenvalue weighted by atomic mass is 14.2. The molecule has 1 unspecified atom stereocenters. The molecule has 0 nitrogen and oxygen atoms in total. The summed E-state index contributed by atoms with van der Waals surface area (Å²) in [6, 6.07) is 0. The lowest BCUT2D eigenvalue weighted by molar-refractivity contribution is 0.350. The summed E-state index contributed by atoms with van der Waals surface area (Å²) in [6.07, 6.45) is 8.21. The molecule has 0 saturated heterocycles. The lowest BCUT2D eigenvalue weighted by Crippen LogP contribution is -2.12. The maximum absolute atomic E-state index is 3.81. The van der Waals surface area contributed by atoms with Gasteiger partial charge in [0.1, 0.15) is 0 Å². The van der Waals surface area contributed by atoms with Gasteiger partial charge in [0.2, 0.25) is 0 Å². The van der Waals surface area contributed by atoms with Gasteiger partial charge in [-0.1, -0.05) is 38.2 Å². The molecular formula is C11H18. The van der Waals surface area contributed by atoms with Crippen LogP contribution in [0.25, 0.3) is 0 Å². The van der Waals surface area contributed by atoms with Crippen molar-refractivity contribution in [1.82, 2.24) is 0 Å². The molecule has 1 aliphatic rings. The van der Waals surface area contributed by atoms with Crippen molar-refractivity contribution in [3.05, 3.63) is 24.3 Å². The third-order valence-electron chi connectivity index (χ3n) is 2.65. The summed E-state index contributed by atoms with van der Waals surface area (Å²) in [6.45, 7) is 8.44. The largest absolute Gasteiger partial charge is 0.0988 e. The summed E-state index contributed by atoms with van der Waals surface area (Å²) >= 11 is 0. The van der Waals surface area contributed by atoms with E-state index in [4.69, 9.17) is 0 Å². The van der Waals surface area contributed by atoms with Crippen molar-refractivity contribution in [3.8, 4) is 0 Å². The maximum atomic E-state index is 3.81. The fraction of sp³-hybridized carbons (Fsp3) is 0.636. The Labute approximate surface area is 70.0 Å². The highest BCUT2D eigenvalue weighted by Gasteiger charge is 2.16. The van der Waals surface area contributed by atoms with Crippen LogP contribution in [0.3, 0.4) is 0 Å². The van der Waals surface area contributed by atoms with Crippen molar-refractivity contribution in [3.63, 3.8) is 0 Å². The van der Waals surface area contributed by atoms with Gasteiger partial charge >= 0.3 is 0 Å². The zero-order chi connectivity index (χ0) is 8.27. The fourth-order valence-electron chi connectivity index (χ4n) is 1.71. The van der Waals surface area contributed by atoms with Crippen LogP contribution in [0.2, 0.25) is 0 Å². The van der Waals surface area contributed by atoms with Gasteiger partial charge in [-0.05, 0) is 31.1 Å². The number of hydrogen-bond acceptors (Lipinski definition) is 0. The Hall–Kier alpha value is -0.520. The van der Waals surface area contributed by atoms with Crippen molar-refractivity contribution < 1.29 is 0 Å². The summed E-state index contributed by atoms with van der Waals surface area (Å²) in [5, 5.41) is 0. The van der Waals surface area contributed by atoms with Gasteiger partial charge in [-0.15, -0.1) is 0 Å². The first-order valence-electron chi connectivity index (χ1n) is 4.55. The molecule has 0 amide bonds. The third-order valence-corrected chi connectivity index (χ3v) is 2.65. The van der Waals surface area contributed by atoms with Gasteiger partial charge in [0, 0.05) is 0 Å². The predicted octanol–water partition coefficient (Wildman–Crippen LogP) is 3.55. The Balaban J connectivity index is 2.52. The molecule has 0 aromatic carbocycles. The van der Waals surface area contributed by atoms with Gasteiger partial charge in [0.25, 0.3) is 0 Å². The molecular weight excluding hydrogens is 132 g/mol. The van der Waals surface area contributed by atoms with E-state index in [1.54, 1.807) is 0 Å². The molecule has 1 rings (SSSR count). The molecule has 11 heavy (non-hydrogen) atoms. The minimum Gasteiger partial charge on any atom is -0.0988 e. The SMILES string of the molecule is C=CC1=CCCC(C(C)C)C1. The fourth-order valence-corrected chi connectivity index (χ4v) is 1.71. The van der Waals surface area contributed by atoms with Crippen LogP contribution in [-0.4, -0.2) is 0 Å². The van der Waals surface area contributed by atoms with Crippen LogP contribution >= 0.6 is 0 Å². The first-order valence-corrected chi connectivity index (χ1v) is 4.55. The molecule has 1 atom stereocenters. The van der Waals surface area contributed by atoms with Gasteiger partial charge in [0.15, 0.2) is 0 Å². The van der Waals surface area contributed by atoms with E-state index in [0.29, 0.717) is 0 Å². The summed E-state index contributed by atoms with van der Waals surface area (Å²) < 4.78 is 0. The van der Waals surface area contributed by atoms with Crippen LogP contribution < -0.4 is 0 Å². The topological polar surface area (TPSA) is 0 Å². The molecule has 0 radical (unpaired) electrons. The second kappa shape index (κ2) is 3.75. The molecule has 0 aliphatic heterocycles. The molecule has 0 N–H and O–H groups in total. The number of allylic oxidation sites excluding steroid dienone is 3. The Morgan fingerprint density at radius 3 is 2.91 bits per heavy atom. The van der Waals surface area contributed by atoms with Crippen molar-refractivity contribution in [2.24, 2.45) is 11.8 Å². The zero-order valence-corrected chi connectivity index (χ0v) is 7.64.